The van der Waals surface area contributed by atoms with Gasteiger partial charge in [-0.05, 0) is 18.4 Å². The Morgan fingerprint density at radius 3 is 2.40 bits per heavy atom. The molecule has 5 heteroatoms. The first-order valence-electron chi connectivity index (χ1n) is 3.52. The highest BCUT2D eigenvalue weighted by Gasteiger charge is 2.42. The average Bonchev–Trinajstić information content (AvgIpc) is 2.71. The third-order valence-electron chi connectivity index (χ3n) is 1.48. The van der Waals surface area contributed by atoms with Gasteiger partial charge in [0.25, 0.3) is 0 Å². The molecular formula is C5H13N3OP+. The molecule has 58 valence electrons. The van der Waals surface area contributed by atoms with Gasteiger partial charge in [-0.25, -0.2) is 0 Å². The third-order valence-corrected chi connectivity index (χ3v) is 3.22. The van der Waals surface area contributed by atoms with Crippen LogP contribution in [0.15, 0.2) is 0 Å². The molecule has 1 fully saturated rings. The van der Waals surface area contributed by atoms with Gasteiger partial charge in [-0.3, -0.25) is 0 Å². The zero-order chi connectivity index (χ0) is 7.56. The monoisotopic (exact) mass is 162 g/mol. The second-order valence-electron chi connectivity index (χ2n) is 2.11. The Hall–Kier alpha value is -0.0200. The number of nitrogens with zero attached hydrogens (tertiary/aromatic N) is 2. The van der Waals surface area contributed by atoms with Crippen LogP contribution in [0, 0.1) is 0 Å². The van der Waals surface area contributed by atoms with Crippen molar-refractivity contribution in [2.75, 3.05) is 19.8 Å². The highest BCUT2D eigenvalue weighted by Crippen LogP contribution is 2.33. The van der Waals surface area contributed by atoms with Crippen molar-refractivity contribution < 1.29 is 4.57 Å². The van der Waals surface area contributed by atoms with E-state index < -0.39 is 8.10 Å². The van der Waals surface area contributed by atoms with Crippen LogP contribution in [0.4, 0.5) is 0 Å². The highest BCUT2D eigenvalue weighted by molar-refractivity contribution is 7.39. The zero-order valence-electron chi connectivity index (χ0n) is 6.37. The number of hydrazine groups is 1. The largest absolute Gasteiger partial charge is 0.554 e. The van der Waals surface area contributed by atoms with Crippen molar-refractivity contribution in [1.82, 2.24) is 14.9 Å². The number of hydrogen-bond donors (Lipinski definition) is 1. The van der Waals surface area contributed by atoms with Crippen molar-refractivity contribution in [2.24, 2.45) is 0 Å². The van der Waals surface area contributed by atoms with E-state index in [4.69, 9.17) is 0 Å². The second kappa shape index (κ2) is 3.39. The fourth-order valence-electron chi connectivity index (χ4n) is 0.771. The van der Waals surface area contributed by atoms with E-state index in [0.717, 1.165) is 19.8 Å². The van der Waals surface area contributed by atoms with Gasteiger partial charge in [0, 0.05) is 17.9 Å². The number of hydrogen-bond acceptors (Lipinski definition) is 2. The first-order valence-corrected chi connectivity index (χ1v) is 4.69. The Morgan fingerprint density at radius 2 is 2.10 bits per heavy atom. The maximum atomic E-state index is 11.3. The molecule has 0 amide bonds. The van der Waals surface area contributed by atoms with Crippen LogP contribution in [0.1, 0.15) is 13.8 Å². The molecule has 1 saturated heterocycles. The van der Waals surface area contributed by atoms with Crippen molar-refractivity contribution >= 4 is 8.10 Å². The molecule has 10 heavy (non-hydrogen) atoms. The maximum Gasteiger partial charge on any atom is 0.554 e. The van der Waals surface area contributed by atoms with Crippen molar-refractivity contribution in [2.45, 2.75) is 13.8 Å². The minimum absolute atomic E-state index is 0.770. The van der Waals surface area contributed by atoms with Gasteiger partial charge in [-0.15, -0.1) is 0 Å². The van der Waals surface area contributed by atoms with Crippen molar-refractivity contribution in [3.05, 3.63) is 0 Å². The summed E-state index contributed by atoms with van der Waals surface area (Å²) in [7, 11) is -1.29. The number of rotatable bonds is 4. The summed E-state index contributed by atoms with van der Waals surface area (Å²) in [6.07, 6.45) is 0. The fraction of sp³-hybridized carbons (Fsp3) is 1.00. The molecule has 0 radical (unpaired) electrons. The molecule has 0 aromatic carbocycles. The zero-order valence-corrected chi connectivity index (χ0v) is 7.27. The molecular weight excluding hydrogens is 149 g/mol. The minimum atomic E-state index is -1.29. The summed E-state index contributed by atoms with van der Waals surface area (Å²) in [4.78, 5) is 0. The first-order chi connectivity index (χ1) is 4.79. The molecule has 0 bridgehead atoms. The Labute approximate surface area is 62.0 Å². The molecule has 0 spiro atoms. The molecule has 1 aliphatic heterocycles. The summed E-state index contributed by atoms with van der Waals surface area (Å²) >= 11 is 0. The molecule has 2 unspecified atom stereocenters. The van der Waals surface area contributed by atoms with Crippen molar-refractivity contribution in [1.29, 1.82) is 0 Å². The molecule has 0 aromatic heterocycles. The van der Waals surface area contributed by atoms with Gasteiger partial charge >= 0.3 is 8.10 Å². The standard InChI is InChI=1S/C5H13N3OP/c1-3-7(4-2)10(9)8-5-6-8/h6H,3-5H2,1-2H3/q+1. The summed E-state index contributed by atoms with van der Waals surface area (Å²) in [6, 6.07) is 0. The van der Waals surface area contributed by atoms with Gasteiger partial charge in [-0.2, -0.15) is 5.43 Å². The quantitative estimate of drug-likeness (QED) is 0.489. The predicted molar refractivity (Wildman–Crippen MR) is 40.4 cm³/mol. The predicted octanol–water partition coefficient (Wildman–Crippen LogP) is 0.763. The van der Waals surface area contributed by atoms with Crippen molar-refractivity contribution in [3.8, 4) is 0 Å². The molecule has 1 aliphatic rings. The Morgan fingerprint density at radius 1 is 1.60 bits per heavy atom. The lowest BCUT2D eigenvalue weighted by atomic mass is 10.7. The molecule has 2 atom stereocenters. The van der Waals surface area contributed by atoms with Crippen LogP contribution < -0.4 is 5.43 Å². The second-order valence-corrected chi connectivity index (χ2v) is 3.66. The molecule has 0 aliphatic carbocycles. The molecule has 0 saturated carbocycles. The van der Waals surface area contributed by atoms with Gasteiger partial charge in [0.05, 0.1) is 0 Å². The minimum Gasteiger partial charge on any atom is -0.192 e. The van der Waals surface area contributed by atoms with Crippen LogP contribution in [0.3, 0.4) is 0 Å². The first kappa shape index (κ1) is 8.08. The van der Waals surface area contributed by atoms with E-state index in [0.29, 0.717) is 0 Å². The lowest BCUT2D eigenvalue weighted by Crippen LogP contribution is -2.16. The summed E-state index contributed by atoms with van der Waals surface area (Å²) in [6.45, 7) is 6.50. The SMILES string of the molecule is CCN(CC)[P+](=O)N1CN1. The summed E-state index contributed by atoms with van der Waals surface area (Å²) in [5.74, 6) is 0. The van der Waals surface area contributed by atoms with Crippen molar-refractivity contribution in [3.63, 3.8) is 0 Å². The van der Waals surface area contributed by atoms with E-state index in [-0.39, 0.29) is 0 Å². The van der Waals surface area contributed by atoms with Crippen LogP contribution in [-0.2, 0) is 4.57 Å². The van der Waals surface area contributed by atoms with Crippen LogP contribution in [0.5, 0.6) is 0 Å². The normalized spacial score (nSPS) is 25.1. The Balaban J connectivity index is 2.35. The summed E-state index contributed by atoms with van der Waals surface area (Å²) in [5, 5.41) is 0. The highest BCUT2D eigenvalue weighted by atomic mass is 31.1. The maximum absolute atomic E-state index is 11.3. The van der Waals surface area contributed by atoms with E-state index in [9.17, 15) is 4.57 Å². The lowest BCUT2D eigenvalue weighted by molar-refractivity contribution is 0.434. The van der Waals surface area contributed by atoms with E-state index in [2.05, 4.69) is 5.43 Å². The van der Waals surface area contributed by atoms with Crippen LogP contribution in [-0.4, -0.2) is 29.2 Å². The van der Waals surface area contributed by atoms with Gasteiger partial charge in [0.1, 0.15) is 6.67 Å². The van der Waals surface area contributed by atoms with E-state index in [1.807, 2.05) is 18.5 Å². The number of nitrogens with one attached hydrogen (secondary N) is 1. The topological polar surface area (TPSA) is 45.3 Å². The third kappa shape index (κ3) is 1.73. The fourth-order valence-corrected chi connectivity index (χ4v) is 1.87. The van der Waals surface area contributed by atoms with Crippen LogP contribution >= 0.6 is 8.10 Å². The average molecular weight is 162 g/mol. The summed E-state index contributed by atoms with van der Waals surface area (Å²) < 4.78 is 15.0. The van der Waals surface area contributed by atoms with Crippen LogP contribution in [0.2, 0.25) is 0 Å². The van der Waals surface area contributed by atoms with E-state index in [1.54, 1.807) is 4.78 Å². The van der Waals surface area contributed by atoms with Gasteiger partial charge in [-0.1, -0.05) is 4.67 Å². The van der Waals surface area contributed by atoms with E-state index in [1.165, 1.54) is 0 Å². The molecule has 0 aromatic rings. The molecule has 1 heterocycles. The van der Waals surface area contributed by atoms with Gasteiger partial charge in [0.15, 0.2) is 0 Å². The van der Waals surface area contributed by atoms with Gasteiger partial charge < -0.3 is 0 Å². The lowest BCUT2D eigenvalue weighted by Gasteiger charge is -2.01. The summed E-state index contributed by atoms with van der Waals surface area (Å²) in [5.41, 5.74) is 2.89. The van der Waals surface area contributed by atoms with Crippen LogP contribution in [0.25, 0.3) is 0 Å². The van der Waals surface area contributed by atoms with E-state index >= 15 is 0 Å². The molecule has 4 nitrogen and oxygen atoms in total. The molecule has 1 N–H and O–H groups in total. The Bertz CT molecular complexity index is 133. The van der Waals surface area contributed by atoms with Gasteiger partial charge in [0.2, 0.25) is 0 Å². The Kier molecular flexibility index (Phi) is 2.74. The smallest absolute Gasteiger partial charge is 0.192 e. The molecule has 1 rings (SSSR count).